The fraction of sp³-hybridized carbons (Fsp3) is 0.667. The van der Waals surface area contributed by atoms with Crippen LogP contribution in [0, 0.1) is 0 Å². The van der Waals surface area contributed by atoms with Gasteiger partial charge in [-0.15, -0.1) is 5.10 Å². The summed E-state index contributed by atoms with van der Waals surface area (Å²) in [5.41, 5.74) is 0.208. The van der Waals surface area contributed by atoms with E-state index in [2.05, 4.69) is 25.7 Å². The summed E-state index contributed by atoms with van der Waals surface area (Å²) < 4.78 is 6.27. The molecular formula is C12H19N5O3. The summed E-state index contributed by atoms with van der Waals surface area (Å²) in [6.45, 7) is 3.43. The van der Waals surface area contributed by atoms with E-state index in [1.54, 1.807) is 17.8 Å². The lowest BCUT2D eigenvalue weighted by Crippen LogP contribution is -2.39. The Bertz CT molecular complexity index is 481. The molecular weight excluding hydrogens is 262 g/mol. The molecule has 0 saturated carbocycles. The molecule has 2 heterocycles. The number of piperidine rings is 1. The Balaban J connectivity index is 1.97. The Morgan fingerprint density at radius 3 is 2.85 bits per heavy atom. The van der Waals surface area contributed by atoms with Gasteiger partial charge >= 0.3 is 5.97 Å². The summed E-state index contributed by atoms with van der Waals surface area (Å²) in [5.74, 6) is -0.924. The Kier molecular flexibility index (Phi) is 4.67. The highest BCUT2D eigenvalue weighted by molar-refractivity contribution is 5.94. The van der Waals surface area contributed by atoms with Crippen LogP contribution in [0.15, 0.2) is 6.20 Å². The standard InChI is InChI=1S/C12H19N5O3/c1-8(12(19)20-2)14-11(18)10-7-17(16-15-10)9-3-5-13-6-4-9/h7-9,13H,3-6H2,1-2H3,(H,14,18). The maximum Gasteiger partial charge on any atom is 0.328 e. The summed E-state index contributed by atoms with van der Waals surface area (Å²) in [6.07, 6.45) is 3.54. The maximum absolute atomic E-state index is 11.9. The highest BCUT2D eigenvalue weighted by Crippen LogP contribution is 2.16. The largest absolute Gasteiger partial charge is 0.467 e. The van der Waals surface area contributed by atoms with Gasteiger partial charge in [-0.05, 0) is 32.9 Å². The first kappa shape index (κ1) is 14.4. The van der Waals surface area contributed by atoms with Crippen LogP contribution in [-0.4, -0.2) is 53.1 Å². The summed E-state index contributed by atoms with van der Waals surface area (Å²) in [4.78, 5) is 23.2. The van der Waals surface area contributed by atoms with E-state index in [0.29, 0.717) is 0 Å². The molecule has 1 atom stereocenters. The summed E-state index contributed by atoms with van der Waals surface area (Å²) >= 11 is 0. The third kappa shape index (κ3) is 3.32. The van der Waals surface area contributed by atoms with Crippen molar-refractivity contribution < 1.29 is 14.3 Å². The maximum atomic E-state index is 11.9. The van der Waals surface area contributed by atoms with E-state index in [4.69, 9.17) is 0 Å². The van der Waals surface area contributed by atoms with Gasteiger partial charge < -0.3 is 15.4 Å². The fourth-order valence-electron chi connectivity index (χ4n) is 2.14. The van der Waals surface area contributed by atoms with Gasteiger partial charge in [-0.2, -0.15) is 0 Å². The molecule has 2 N–H and O–H groups in total. The van der Waals surface area contributed by atoms with Gasteiger partial charge in [-0.1, -0.05) is 5.21 Å². The highest BCUT2D eigenvalue weighted by Gasteiger charge is 2.21. The van der Waals surface area contributed by atoms with Gasteiger partial charge in [-0.3, -0.25) is 4.79 Å². The monoisotopic (exact) mass is 281 g/mol. The summed E-state index contributed by atoms with van der Waals surface area (Å²) in [5, 5.41) is 13.6. The van der Waals surface area contributed by atoms with Crippen LogP contribution in [0.3, 0.4) is 0 Å². The summed E-state index contributed by atoms with van der Waals surface area (Å²) in [6, 6.07) is -0.445. The van der Waals surface area contributed by atoms with Gasteiger partial charge in [0.05, 0.1) is 19.3 Å². The molecule has 1 fully saturated rings. The Labute approximate surface area is 116 Å². The van der Waals surface area contributed by atoms with Gasteiger partial charge in [0.2, 0.25) is 0 Å². The van der Waals surface area contributed by atoms with Crippen molar-refractivity contribution in [1.82, 2.24) is 25.6 Å². The lowest BCUT2D eigenvalue weighted by molar-refractivity contribution is -0.142. The number of carbonyl (C=O) groups excluding carboxylic acids is 2. The average Bonchev–Trinajstić information content (AvgIpc) is 2.97. The lowest BCUT2D eigenvalue weighted by Gasteiger charge is -2.22. The van der Waals surface area contributed by atoms with Crippen LogP contribution in [0.5, 0.6) is 0 Å². The van der Waals surface area contributed by atoms with Crippen molar-refractivity contribution in [1.29, 1.82) is 0 Å². The number of amides is 1. The summed E-state index contributed by atoms with van der Waals surface area (Å²) in [7, 11) is 1.28. The number of hydrogen-bond acceptors (Lipinski definition) is 6. The van der Waals surface area contributed by atoms with E-state index in [1.807, 2.05) is 0 Å². The molecule has 110 valence electrons. The predicted octanol–water partition coefficient (Wildman–Crippen LogP) is -0.506. The zero-order valence-electron chi connectivity index (χ0n) is 11.6. The van der Waals surface area contributed by atoms with Crippen LogP contribution in [0.2, 0.25) is 0 Å². The minimum absolute atomic E-state index is 0.208. The van der Waals surface area contributed by atoms with Crippen LogP contribution in [0.4, 0.5) is 0 Å². The molecule has 1 saturated heterocycles. The Hall–Kier alpha value is -1.96. The number of aromatic nitrogens is 3. The molecule has 1 unspecified atom stereocenters. The average molecular weight is 281 g/mol. The first-order valence-electron chi connectivity index (χ1n) is 6.63. The van der Waals surface area contributed by atoms with Crippen LogP contribution in [0.25, 0.3) is 0 Å². The molecule has 0 radical (unpaired) electrons. The smallest absolute Gasteiger partial charge is 0.328 e. The van der Waals surface area contributed by atoms with E-state index in [9.17, 15) is 9.59 Å². The van der Waals surface area contributed by atoms with E-state index in [-0.39, 0.29) is 11.7 Å². The molecule has 1 aromatic rings. The minimum Gasteiger partial charge on any atom is -0.467 e. The first-order chi connectivity index (χ1) is 9.61. The van der Waals surface area contributed by atoms with Crippen molar-refractivity contribution in [2.75, 3.05) is 20.2 Å². The number of esters is 1. The first-order valence-corrected chi connectivity index (χ1v) is 6.63. The molecule has 0 aliphatic carbocycles. The molecule has 0 spiro atoms. The van der Waals surface area contributed by atoms with Crippen molar-refractivity contribution in [3.8, 4) is 0 Å². The van der Waals surface area contributed by atoms with Crippen LogP contribution in [0.1, 0.15) is 36.3 Å². The molecule has 0 aromatic carbocycles. The fourth-order valence-corrected chi connectivity index (χ4v) is 2.14. The van der Waals surface area contributed by atoms with Crippen molar-refractivity contribution in [2.45, 2.75) is 31.8 Å². The molecule has 2 rings (SSSR count). The second kappa shape index (κ2) is 6.47. The van der Waals surface area contributed by atoms with Crippen LogP contribution >= 0.6 is 0 Å². The van der Waals surface area contributed by atoms with Crippen molar-refractivity contribution in [2.24, 2.45) is 0 Å². The highest BCUT2D eigenvalue weighted by atomic mass is 16.5. The van der Waals surface area contributed by atoms with Crippen molar-refractivity contribution in [3.63, 3.8) is 0 Å². The molecule has 20 heavy (non-hydrogen) atoms. The van der Waals surface area contributed by atoms with Gasteiger partial charge in [0.15, 0.2) is 5.69 Å². The third-order valence-corrected chi connectivity index (χ3v) is 3.33. The van der Waals surface area contributed by atoms with Gasteiger partial charge in [0.1, 0.15) is 6.04 Å². The number of nitrogens with zero attached hydrogens (tertiary/aromatic N) is 3. The SMILES string of the molecule is COC(=O)C(C)NC(=O)c1cn(C2CCNCC2)nn1. The minimum atomic E-state index is -0.712. The number of ether oxygens (including phenoxy) is 1. The van der Waals surface area contributed by atoms with Crippen LogP contribution in [-0.2, 0) is 9.53 Å². The zero-order valence-corrected chi connectivity index (χ0v) is 11.6. The topological polar surface area (TPSA) is 98.1 Å². The molecule has 1 aliphatic rings. The molecule has 8 nitrogen and oxygen atoms in total. The second-order valence-corrected chi connectivity index (χ2v) is 4.78. The number of hydrogen-bond donors (Lipinski definition) is 2. The predicted molar refractivity (Wildman–Crippen MR) is 70.1 cm³/mol. The number of carbonyl (C=O) groups is 2. The normalized spacial score (nSPS) is 17.5. The van der Waals surface area contributed by atoms with E-state index < -0.39 is 17.9 Å². The number of nitrogens with one attached hydrogen (secondary N) is 2. The van der Waals surface area contributed by atoms with Crippen molar-refractivity contribution >= 4 is 11.9 Å². The Morgan fingerprint density at radius 2 is 2.20 bits per heavy atom. The molecule has 0 bridgehead atoms. The van der Waals surface area contributed by atoms with E-state index in [0.717, 1.165) is 25.9 Å². The van der Waals surface area contributed by atoms with E-state index in [1.165, 1.54) is 7.11 Å². The van der Waals surface area contributed by atoms with Gasteiger partial charge in [-0.25, -0.2) is 9.48 Å². The van der Waals surface area contributed by atoms with Gasteiger partial charge in [0, 0.05) is 0 Å². The van der Waals surface area contributed by atoms with Crippen molar-refractivity contribution in [3.05, 3.63) is 11.9 Å². The molecule has 8 heteroatoms. The Morgan fingerprint density at radius 1 is 1.50 bits per heavy atom. The zero-order chi connectivity index (χ0) is 14.5. The third-order valence-electron chi connectivity index (χ3n) is 3.33. The number of rotatable bonds is 4. The molecule has 1 amide bonds. The lowest BCUT2D eigenvalue weighted by atomic mass is 10.1. The quantitative estimate of drug-likeness (QED) is 0.722. The van der Waals surface area contributed by atoms with Gasteiger partial charge in [0.25, 0.3) is 5.91 Å². The molecule has 1 aromatic heterocycles. The van der Waals surface area contributed by atoms with E-state index >= 15 is 0 Å². The molecule has 1 aliphatic heterocycles. The second-order valence-electron chi connectivity index (χ2n) is 4.78. The van der Waals surface area contributed by atoms with Crippen LogP contribution < -0.4 is 10.6 Å². The number of methoxy groups -OCH3 is 1.